The Hall–Kier alpha value is -0.940. The van der Waals surface area contributed by atoms with Crippen LogP contribution >= 0.6 is 24.5 Å². The number of aliphatic hydroxyl groups is 1. The quantitative estimate of drug-likeness (QED) is 0.415. The molecule has 0 radical (unpaired) electrons. The van der Waals surface area contributed by atoms with Gasteiger partial charge in [-0.3, -0.25) is 10.1 Å². The van der Waals surface area contributed by atoms with Crippen LogP contribution in [0.25, 0.3) is 11.2 Å². The summed E-state index contributed by atoms with van der Waals surface area (Å²) in [6.45, 7) is 0.0909. The second kappa shape index (κ2) is 6.28. The molecule has 0 bridgehead atoms. The minimum absolute atomic E-state index is 0.0909. The Bertz CT molecular complexity index is 685. The number of fused-ring (bicyclic) bond motifs is 1. The molecule has 0 spiro atoms. The Morgan fingerprint density at radius 1 is 1.55 bits per heavy atom. The van der Waals surface area contributed by atoms with Crippen LogP contribution in [0.15, 0.2) is 11.1 Å². The number of halogens is 1. The van der Waals surface area contributed by atoms with Gasteiger partial charge in [-0.25, -0.2) is 15.0 Å². The average Bonchev–Trinajstić information content (AvgIpc) is 2.97. The SMILES string of the molecule is Nc1ncnc2c1nc(Br)n2[C@@H]1O[C@H](COP(N)O)C[C@H]1O. The van der Waals surface area contributed by atoms with E-state index in [2.05, 4.69) is 30.9 Å². The van der Waals surface area contributed by atoms with Gasteiger partial charge in [0.1, 0.15) is 12.4 Å². The van der Waals surface area contributed by atoms with Crippen molar-refractivity contribution in [2.45, 2.75) is 24.9 Å². The maximum atomic E-state index is 10.2. The number of nitrogens with zero attached hydrogens (tertiary/aromatic N) is 4. The molecule has 3 heterocycles. The van der Waals surface area contributed by atoms with Crippen LogP contribution in [0.2, 0.25) is 0 Å². The molecule has 1 aliphatic heterocycles. The number of imidazole rings is 1. The van der Waals surface area contributed by atoms with E-state index in [1.807, 2.05) is 0 Å². The van der Waals surface area contributed by atoms with Gasteiger partial charge in [0.2, 0.25) is 8.53 Å². The molecule has 0 aliphatic carbocycles. The van der Waals surface area contributed by atoms with Crippen LogP contribution in [0, 0.1) is 0 Å². The molecule has 1 unspecified atom stereocenters. The van der Waals surface area contributed by atoms with Crippen LogP contribution in [-0.2, 0) is 9.26 Å². The first-order chi connectivity index (χ1) is 10.5. The standard InChI is InChI=1S/C10H14BrN6O4P/c11-10-16-6-7(12)14-3-15-8(6)17(10)9-5(18)1-4(21-9)2-20-22(13)19/h3-5,9,18-19H,1-2,13H2,(H2,12,14,15)/t4-,5+,9+,22?/m0/s1. The zero-order valence-corrected chi connectivity index (χ0v) is 13.7. The first-order valence-electron chi connectivity index (χ1n) is 6.31. The van der Waals surface area contributed by atoms with Crippen molar-refractivity contribution in [3.63, 3.8) is 0 Å². The van der Waals surface area contributed by atoms with E-state index >= 15 is 0 Å². The summed E-state index contributed by atoms with van der Waals surface area (Å²) in [5.74, 6) is 0.242. The molecule has 0 saturated carbocycles. The van der Waals surface area contributed by atoms with Crippen molar-refractivity contribution in [3.05, 3.63) is 11.1 Å². The minimum Gasteiger partial charge on any atom is -0.388 e. The largest absolute Gasteiger partial charge is 0.388 e. The highest BCUT2D eigenvalue weighted by molar-refractivity contribution is 9.10. The summed E-state index contributed by atoms with van der Waals surface area (Å²) < 4.78 is 12.7. The molecule has 2 aromatic heterocycles. The van der Waals surface area contributed by atoms with E-state index in [0.29, 0.717) is 22.3 Å². The Morgan fingerprint density at radius 2 is 2.32 bits per heavy atom. The van der Waals surface area contributed by atoms with E-state index in [1.165, 1.54) is 6.33 Å². The van der Waals surface area contributed by atoms with Gasteiger partial charge in [-0.1, -0.05) is 0 Å². The number of ether oxygens (including phenoxy) is 1. The Kier molecular flexibility index (Phi) is 4.55. The fourth-order valence-corrected chi connectivity index (χ4v) is 3.22. The molecule has 1 aliphatic rings. The number of rotatable bonds is 4. The molecular weight excluding hydrogens is 379 g/mol. The van der Waals surface area contributed by atoms with Gasteiger partial charge >= 0.3 is 0 Å². The lowest BCUT2D eigenvalue weighted by molar-refractivity contribution is -0.0467. The molecule has 3 rings (SSSR count). The second-order valence-corrected chi connectivity index (χ2v) is 6.30. The summed E-state index contributed by atoms with van der Waals surface area (Å²) in [7, 11) is -1.96. The van der Waals surface area contributed by atoms with Crippen molar-refractivity contribution in [2.24, 2.45) is 5.50 Å². The van der Waals surface area contributed by atoms with Crippen molar-refractivity contribution in [1.82, 2.24) is 19.5 Å². The summed E-state index contributed by atoms with van der Waals surface area (Å²) in [6, 6.07) is 0. The van der Waals surface area contributed by atoms with Crippen molar-refractivity contribution >= 4 is 41.4 Å². The molecule has 1 fully saturated rings. The summed E-state index contributed by atoms with van der Waals surface area (Å²) in [6.07, 6.45) is -0.242. The lowest BCUT2D eigenvalue weighted by Gasteiger charge is -2.18. The third-order valence-corrected chi connectivity index (χ3v) is 4.25. The summed E-state index contributed by atoms with van der Waals surface area (Å²) in [5.41, 5.74) is 11.8. The van der Waals surface area contributed by atoms with E-state index in [1.54, 1.807) is 4.57 Å². The van der Waals surface area contributed by atoms with E-state index in [4.69, 9.17) is 25.4 Å². The summed E-state index contributed by atoms with van der Waals surface area (Å²) >= 11 is 3.31. The molecule has 120 valence electrons. The number of nitrogens with two attached hydrogens (primary N) is 2. The fraction of sp³-hybridized carbons (Fsp3) is 0.500. The van der Waals surface area contributed by atoms with Crippen molar-refractivity contribution in [3.8, 4) is 0 Å². The van der Waals surface area contributed by atoms with Crippen LogP contribution in [0.5, 0.6) is 0 Å². The number of aliphatic hydroxyl groups excluding tert-OH is 1. The molecule has 1 saturated heterocycles. The minimum atomic E-state index is -1.96. The molecule has 0 aromatic carbocycles. The number of anilines is 1. The topological polar surface area (TPSA) is 155 Å². The van der Waals surface area contributed by atoms with Crippen LogP contribution in [0.1, 0.15) is 12.6 Å². The van der Waals surface area contributed by atoms with Crippen LogP contribution in [0.3, 0.4) is 0 Å². The predicted molar refractivity (Wildman–Crippen MR) is 81.2 cm³/mol. The molecule has 12 heteroatoms. The highest BCUT2D eigenvalue weighted by atomic mass is 79.9. The smallest absolute Gasteiger partial charge is 0.250 e. The van der Waals surface area contributed by atoms with E-state index in [9.17, 15) is 5.11 Å². The molecule has 22 heavy (non-hydrogen) atoms. The average molecular weight is 393 g/mol. The monoisotopic (exact) mass is 392 g/mol. The van der Waals surface area contributed by atoms with E-state index in [-0.39, 0.29) is 12.4 Å². The number of aromatic nitrogens is 4. The third kappa shape index (κ3) is 2.93. The van der Waals surface area contributed by atoms with Gasteiger partial charge in [0.05, 0.1) is 12.7 Å². The van der Waals surface area contributed by atoms with Crippen LogP contribution in [0.4, 0.5) is 5.82 Å². The van der Waals surface area contributed by atoms with Gasteiger partial charge in [0.15, 0.2) is 27.9 Å². The van der Waals surface area contributed by atoms with Gasteiger partial charge in [0.25, 0.3) is 0 Å². The van der Waals surface area contributed by atoms with Crippen LogP contribution < -0.4 is 11.2 Å². The van der Waals surface area contributed by atoms with Crippen molar-refractivity contribution < 1.29 is 19.3 Å². The maximum absolute atomic E-state index is 10.2. The molecule has 0 amide bonds. The number of nitrogen functional groups attached to an aromatic ring is 1. The highest BCUT2D eigenvalue weighted by Crippen LogP contribution is 2.35. The normalized spacial score (nSPS) is 26.6. The molecule has 6 N–H and O–H groups in total. The summed E-state index contributed by atoms with van der Waals surface area (Å²) in [5, 5.41) is 10.2. The van der Waals surface area contributed by atoms with E-state index in [0.717, 1.165) is 0 Å². The lowest BCUT2D eigenvalue weighted by atomic mass is 10.2. The fourth-order valence-electron chi connectivity index (χ4n) is 2.35. The van der Waals surface area contributed by atoms with Gasteiger partial charge in [-0.15, -0.1) is 0 Å². The van der Waals surface area contributed by atoms with E-state index < -0.39 is 27.0 Å². The second-order valence-electron chi connectivity index (χ2n) is 4.73. The third-order valence-electron chi connectivity index (χ3n) is 3.27. The molecule has 4 atom stereocenters. The zero-order chi connectivity index (χ0) is 15.9. The molecular formula is C10H14BrN6O4P. The predicted octanol–water partition coefficient (Wildman–Crippen LogP) is 0.0139. The van der Waals surface area contributed by atoms with Crippen molar-refractivity contribution in [2.75, 3.05) is 12.3 Å². The Morgan fingerprint density at radius 3 is 3.05 bits per heavy atom. The highest BCUT2D eigenvalue weighted by Gasteiger charge is 2.38. The Labute approximate surface area is 134 Å². The number of hydrogen-bond donors (Lipinski definition) is 4. The first-order valence-corrected chi connectivity index (χ1v) is 8.39. The maximum Gasteiger partial charge on any atom is 0.250 e. The molecule has 2 aromatic rings. The van der Waals surface area contributed by atoms with Crippen molar-refractivity contribution in [1.29, 1.82) is 0 Å². The Balaban J connectivity index is 1.88. The summed E-state index contributed by atoms with van der Waals surface area (Å²) in [4.78, 5) is 21.3. The van der Waals surface area contributed by atoms with Gasteiger partial charge in [-0.05, 0) is 15.9 Å². The van der Waals surface area contributed by atoms with Gasteiger partial charge < -0.3 is 25.0 Å². The lowest BCUT2D eigenvalue weighted by Crippen LogP contribution is -2.20. The van der Waals surface area contributed by atoms with Gasteiger partial charge in [0, 0.05) is 6.42 Å². The molecule has 10 nitrogen and oxygen atoms in total. The number of hydrogen-bond acceptors (Lipinski definition) is 9. The zero-order valence-electron chi connectivity index (χ0n) is 11.2. The van der Waals surface area contributed by atoms with Crippen LogP contribution in [-0.4, -0.2) is 48.3 Å². The first kappa shape index (κ1) is 15.9. The van der Waals surface area contributed by atoms with Gasteiger partial charge in [-0.2, -0.15) is 0 Å².